The van der Waals surface area contributed by atoms with Crippen LogP contribution in [-0.2, 0) is 0 Å². The van der Waals surface area contributed by atoms with Crippen molar-refractivity contribution in [2.75, 3.05) is 0 Å². The van der Waals surface area contributed by atoms with E-state index in [4.69, 9.17) is 4.52 Å². The summed E-state index contributed by atoms with van der Waals surface area (Å²) in [7, 11) is 0. The second-order valence-corrected chi connectivity index (χ2v) is 4.39. The summed E-state index contributed by atoms with van der Waals surface area (Å²) in [4.78, 5) is 7.15. The molecule has 19 heavy (non-hydrogen) atoms. The van der Waals surface area contributed by atoms with Crippen molar-refractivity contribution in [2.45, 2.75) is 13.8 Å². The van der Waals surface area contributed by atoms with Gasteiger partial charge in [-0.2, -0.15) is 0 Å². The Morgan fingerprint density at radius 3 is 2.84 bits per heavy atom. The molecule has 2 aromatic heterocycles. The Morgan fingerprint density at radius 1 is 1.32 bits per heavy atom. The molecule has 0 saturated carbocycles. The van der Waals surface area contributed by atoms with Crippen molar-refractivity contribution in [1.82, 2.24) is 10.1 Å². The Labute approximate surface area is 109 Å². The Balaban J connectivity index is 2.06. The first-order valence-corrected chi connectivity index (χ1v) is 5.93. The molecule has 5 heteroatoms. The van der Waals surface area contributed by atoms with E-state index >= 15 is 0 Å². The summed E-state index contributed by atoms with van der Waals surface area (Å²) in [6.45, 7) is 3.76. The molecular weight excluding hydrogens is 242 g/mol. The van der Waals surface area contributed by atoms with Crippen molar-refractivity contribution in [3.05, 3.63) is 41.1 Å². The minimum absolute atomic E-state index is 0.0961. The van der Waals surface area contributed by atoms with Gasteiger partial charge in [-0.3, -0.25) is 0 Å². The topological polar surface area (TPSA) is 74.4 Å². The number of para-hydroxylation sites is 1. The lowest BCUT2D eigenvalue weighted by Crippen LogP contribution is -1.79. The number of nitrogens with one attached hydrogen (secondary N) is 1. The number of nitrogens with zero attached hydrogens (tertiary/aromatic N) is 2. The van der Waals surface area contributed by atoms with Crippen LogP contribution in [0.1, 0.15) is 16.8 Å². The van der Waals surface area contributed by atoms with Crippen LogP contribution in [0.5, 0.6) is 5.88 Å². The number of aromatic nitrogens is 2. The van der Waals surface area contributed by atoms with Crippen molar-refractivity contribution < 1.29 is 9.63 Å². The Morgan fingerprint density at radius 2 is 2.11 bits per heavy atom. The number of aromatic hydroxyl groups is 1. The summed E-state index contributed by atoms with van der Waals surface area (Å²) >= 11 is 0. The van der Waals surface area contributed by atoms with Crippen LogP contribution in [0.2, 0.25) is 0 Å². The van der Waals surface area contributed by atoms with Crippen LogP contribution < -0.4 is 0 Å². The maximum Gasteiger partial charge on any atom is 0.253 e. The molecule has 0 atom stereocenters. The molecule has 0 aliphatic heterocycles. The summed E-state index contributed by atoms with van der Waals surface area (Å²) in [5.41, 5.74) is 3.22. The van der Waals surface area contributed by atoms with Gasteiger partial charge in [-0.15, -0.1) is 0 Å². The summed E-state index contributed by atoms with van der Waals surface area (Å²) in [6.07, 6.45) is 1.58. The van der Waals surface area contributed by atoms with E-state index in [0.29, 0.717) is 11.4 Å². The predicted molar refractivity (Wildman–Crippen MR) is 73.2 cm³/mol. The molecule has 0 bridgehead atoms. The van der Waals surface area contributed by atoms with Gasteiger partial charge >= 0.3 is 0 Å². The highest BCUT2D eigenvalue weighted by atomic mass is 16.5. The third-order valence-electron chi connectivity index (χ3n) is 3.17. The zero-order valence-electron chi connectivity index (χ0n) is 10.6. The van der Waals surface area contributed by atoms with Gasteiger partial charge in [0.15, 0.2) is 5.88 Å². The normalized spacial score (nSPS) is 11.7. The number of fused-ring (bicyclic) bond motifs is 1. The van der Waals surface area contributed by atoms with Gasteiger partial charge in [0.2, 0.25) is 0 Å². The molecule has 0 unspecified atom stereocenters. The molecular formula is C14H13N3O2. The number of H-pyrrole nitrogens is 1. The Bertz CT molecular complexity index is 768. The minimum Gasteiger partial charge on any atom is -0.494 e. The fourth-order valence-electron chi connectivity index (χ4n) is 1.93. The number of benzene rings is 1. The van der Waals surface area contributed by atoms with E-state index in [1.807, 2.05) is 38.1 Å². The van der Waals surface area contributed by atoms with E-state index in [1.54, 1.807) is 6.21 Å². The highest BCUT2D eigenvalue weighted by Crippen LogP contribution is 2.27. The van der Waals surface area contributed by atoms with E-state index in [0.717, 1.165) is 22.2 Å². The summed E-state index contributed by atoms with van der Waals surface area (Å²) in [6, 6.07) is 7.64. The van der Waals surface area contributed by atoms with Crippen LogP contribution in [0.4, 0.5) is 5.88 Å². The van der Waals surface area contributed by atoms with Crippen molar-refractivity contribution in [2.24, 2.45) is 4.99 Å². The smallest absolute Gasteiger partial charge is 0.253 e. The van der Waals surface area contributed by atoms with Crippen LogP contribution in [-0.4, -0.2) is 21.5 Å². The lowest BCUT2D eigenvalue weighted by atomic mass is 10.2. The lowest BCUT2D eigenvalue weighted by Gasteiger charge is -1.91. The molecule has 0 saturated heterocycles. The molecule has 0 aliphatic carbocycles. The molecule has 3 rings (SSSR count). The second-order valence-electron chi connectivity index (χ2n) is 4.39. The molecule has 0 amide bonds. The van der Waals surface area contributed by atoms with Gasteiger partial charge in [-0.1, -0.05) is 23.4 Å². The zero-order chi connectivity index (χ0) is 13.4. The van der Waals surface area contributed by atoms with E-state index in [2.05, 4.69) is 15.1 Å². The molecule has 0 spiro atoms. The first-order valence-electron chi connectivity index (χ1n) is 5.93. The molecule has 2 heterocycles. The zero-order valence-corrected chi connectivity index (χ0v) is 10.6. The van der Waals surface area contributed by atoms with Gasteiger partial charge in [0.1, 0.15) is 0 Å². The molecule has 3 aromatic rings. The molecule has 0 aliphatic rings. The number of aliphatic imine (C=N–C) groups is 1. The average Bonchev–Trinajstić information content (AvgIpc) is 2.89. The first kappa shape index (κ1) is 11.5. The summed E-state index contributed by atoms with van der Waals surface area (Å²) in [5.74, 6) is 0.557. The van der Waals surface area contributed by atoms with Crippen LogP contribution in [0, 0.1) is 13.8 Å². The van der Waals surface area contributed by atoms with Gasteiger partial charge in [0.25, 0.3) is 5.88 Å². The van der Waals surface area contributed by atoms with Crippen molar-refractivity contribution in [3.63, 3.8) is 0 Å². The first-order chi connectivity index (χ1) is 9.16. The van der Waals surface area contributed by atoms with Gasteiger partial charge in [-0.05, 0) is 19.9 Å². The van der Waals surface area contributed by atoms with Gasteiger partial charge in [0, 0.05) is 22.7 Å². The van der Waals surface area contributed by atoms with Crippen molar-refractivity contribution in [1.29, 1.82) is 0 Å². The second kappa shape index (κ2) is 4.28. The fraction of sp³-hybridized carbons (Fsp3) is 0.143. The maximum atomic E-state index is 9.89. The molecule has 0 fully saturated rings. The summed E-state index contributed by atoms with van der Waals surface area (Å²) < 4.78 is 5.11. The highest BCUT2D eigenvalue weighted by molar-refractivity contribution is 6.02. The van der Waals surface area contributed by atoms with E-state index in [1.165, 1.54) is 0 Å². The third kappa shape index (κ3) is 1.89. The Kier molecular flexibility index (Phi) is 2.59. The van der Waals surface area contributed by atoms with Crippen molar-refractivity contribution >= 4 is 23.0 Å². The molecule has 1 aromatic carbocycles. The van der Waals surface area contributed by atoms with E-state index < -0.39 is 0 Å². The monoisotopic (exact) mass is 255 g/mol. The number of hydrogen-bond acceptors (Lipinski definition) is 4. The number of hydrogen-bond donors (Lipinski definition) is 2. The van der Waals surface area contributed by atoms with Gasteiger partial charge in [0.05, 0.1) is 11.3 Å². The van der Waals surface area contributed by atoms with Crippen LogP contribution >= 0.6 is 0 Å². The standard InChI is InChI=1S/C14H13N3O2/c1-8-9(2)17-19-14(8)15-7-11-10-5-3-4-6-12(10)16-13(11)18/h3-7,16,18H,1-2H3. The number of rotatable bonds is 2. The molecule has 96 valence electrons. The predicted octanol–water partition coefficient (Wildman–Crippen LogP) is 3.23. The van der Waals surface area contributed by atoms with Crippen LogP contribution in [0.3, 0.4) is 0 Å². The fourth-order valence-corrected chi connectivity index (χ4v) is 1.93. The van der Waals surface area contributed by atoms with E-state index in [-0.39, 0.29) is 5.88 Å². The molecule has 2 N–H and O–H groups in total. The summed E-state index contributed by atoms with van der Waals surface area (Å²) in [5, 5.41) is 14.7. The van der Waals surface area contributed by atoms with Gasteiger partial charge in [-0.25, -0.2) is 4.99 Å². The van der Waals surface area contributed by atoms with Crippen molar-refractivity contribution in [3.8, 4) is 5.88 Å². The minimum atomic E-state index is 0.0961. The number of aryl methyl sites for hydroxylation is 1. The van der Waals surface area contributed by atoms with Crippen LogP contribution in [0.25, 0.3) is 10.9 Å². The lowest BCUT2D eigenvalue weighted by molar-refractivity contribution is 0.425. The maximum absolute atomic E-state index is 9.89. The van der Waals surface area contributed by atoms with Gasteiger partial charge < -0.3 is 14.6 Å². The van der Waals surface area contributed by atoms with E-state index in [9.17, 15) is 5.11 Å². The highest BCUT2D eigenvalue weighted by Gasteiger charge is 2.10. The SMILES string of the molecule is Cc1noc(N=Cc2c(O)[nH]c3ccccc23)c1C. The molecule has 5 nitrogen and oxygen atoms in total. The quantitative estimate of drug-likeness (QED) is 0.690. The largest absolute Gasteiger partial charge is 0.494 e. The number of aromatic amines is 1. The average molecular weight is 255 g/mol. The van der Waals surface area contributed by atoms with Crippen LogP contribution in [0.15, 0.2) is 33.8 Å². The Hall–Kier alpha value is -2.56. The molecule has 0 radical (unpaired) electrons. The third-order valence-corrected chi connectivity index (χ3v) is 3.17.